The zero-order valence-corrected chi connectivity index (χ0v) is 12.6. The number of hydrogen-bond acceptors (Lipinski definition) is 4. The first kappa shape index (κ1) is 14.3. The van der Waals surface area contributed by atoms with Crippen LogP contribution in [-0.2, 0) is 6.54 Å². The fourth-order valence-electron chi connectivity index (χ4n) is 2.56. The summed E-state index contributed by atoms with van der Waals surface area (Å²) in [5, 5.41) is 13.0. The normalized spacial score (nSPS) is 17.7. The highest BCUT2D eigenvalue weighted by atomic mass is 16.3. The Labute approximate surface area is 125 Å². The number of nitrogens with one attached hydrogen (secondary N) is 1. The van der Waals surface area contributed by atoms with Crippen LogP contribution in [0.4, 0.5) is 0 Å². The summed E-state index contributed by atoms with van der Waals surface area (Å²) in [4.78, 5) is 4.52. The number of hydrogen-bond donors (Lipinski definition) is 2. The molecule has 1 fully saturated rings. The molecule has 0 saturated heterocycles. The van der Waals surface area contributed by atoms with E-state index in [1.165, 1.54) is 18.4 Å². The molecule has 4 heteroatoms. The lowest BCUT2D eigenvalue weighted by molar-refractivity contribution is 0.153. The van der Waals surface area contributed by atoms with Crippen LogP contribution in [0.1, 0.15) is 31.0 Å². The van der Waals surface area contributed by atoms with Crippen molar-refractivity contribution in [3.8, 4) is 11.5 Å². The SMILES string of the molecule is Cc1ccc(-c2nc(CNC(C)(CO)C3CC3)co2)cc1. The molecule has 1 aromatic heterocycles. The Morgan fingerprint density at radius 3 is 2.67 bits per heavy atom. The lowest BCUT2D eigenvalue weighted by Crippen LogP contribution is -2.47. The van der Waals surface area contributed by atoms with Gasteiger partial charge >= 0.3 is 0 Å². The standard InChI is InChI=1S/C17H22N2O2/c1-12-3-5-13(6-4-12)16-19-15(10-21-16)9-18-17(2,11-20)14-7-8-14/h3-6,10,14,18,20H,7-9,11H2,1-2H3. The maximum Gasteiger partial charge on any atom is 0.226 e. The highest BCUT2D eigenvalue weighted by Crippen LogP contribution is 2.39. The quantitative estimate of drug-likeness (QED) is 0.857. The summed E-state index contributed by atoms with van der Waals surface area (Å²) >= 11 is 0. The fourth-order valence-corrected chi connectivity index (χ4v) is 2.56. The number of aliphatic hydroxyl groups is 1. The van der Waals surface area contributed by atoms with Gasteiger partial charge in [-0.25, -0.2) is 4.98 Å². The molecule has 0 aliphatic heterocycles. The van der Waals surface area contributed by atoms with Crippen molar-refractivity contribution in [2.75, 3.05) is 6.61 Å². The topological polar surface area (TPSA) is 58.3 Å². The van der Waals surface area contributed by atoms with Crippen molar-refractivity contribution in [1.82, 2.24) is 10.3 Å². The van der Waals surface area contributed by atoms with Gasteiger partial charge in [-0.1, -0.05) is 17.7 Å². The van der Waals surface area contributed by atoms with Crippen LogP contribution in [0.2, 0.25) is 0 Å². The van der Waals surface area contributed by atoms with Crippen LogP contribution < -0.4 is 5.32 Å². The zero-order valence-electron chi connectivity index (χ0n) is 12.6. The lowest BCUT2D eigenvalue weighted by Gasteiger charge is -2.28. The predicted octanol–water partition coefficient (Wildman–Crippen LogP) is 2.90. The monoisotopic (exact) mass is 286 g/mol. The Morgan fingerprint density at radius 1 is 1.33 bits per heavy atom. The molecule has 1 saturated carbocycles. The van der Waals surface area contributed by atoms with E-state index < -0.39 is 0 Å². The summed E-state index contributed by atoms with van der Waals surface area (Å²) in [7, 11) is 0. The molecule has 2 N–H and O–H groups in total. The predicted molar refractivity (Wildman–Crippen MR) is 81.7 cm³/mol. The summed E-state index contributed by atoms with van der Waals surface area (Å²) in [5.74, 6) is 1.22. The molecule has 4 nitrogen and oxygen atoms in total. The molecule has 21 heavy (non-hydrogen) atoms. The second-order valence-electron chi connectivity index (χ2n) is 6.21. The fraction of sp³-hybridized carbons (Fsp3) is 0.471. The summed E-state index contributed by atoms with van der Waals surface area (Å²) < 4.78 is 5.55. The molecule has 0 bridgehead atoms. The molecule has 0 spiro atoms. The summed E-state index contributed by atoms with van der Waals surface area (Å²) in [6, 6.07) is 8.13. The number of aliphatic hydroxyl groups excluding tert-OH is 1. The van der Waals surface area contributed by atoms with Gasteiger partial charge in [0.25, 0.3) is 0 Å². The highest BCUT2D eigenvalue weighted by molar-refractivity contribution is 5.53. The zero-order chi connectivity index (χ0) is 14.9. The Hall–Kier alpha value is -1.65. The molecule has 1 aliphatic rings. The molecule has 1 aliphatic carbocycles. The van der Waals surface area contributed by atoms with Gasteiger partial charge in [-0.15, -0.1) is 0 Å². The molecule has 3 rings (SSSR count). The Bertz CT molecular complexity index is 602. The minimum absolute atomic E-state index is 0.153. The van der Waals surface area contributed by atoms with Crippen molar-refractivity contribution < 1.29 is 9.52 Å². The van der Waals surface area contributed by atoms with Crippen molar-refractivity contribution in [2.24, 2.45) is 5.92 Å². The number of aromatic nitrogens is 1. The van der Waals surface area contributed by atoms with Gasteiger partial charge in [-0.05, 0) is 44.7 Å². The van der Waals surface area contributed by atoms with Crippen LogP contribution in [0, 0.1) is 12.8 Å². The number of oxazole rings is 1. The second kappa shape index (κ2) is 5.62. The van der Waals surface area contributed by atoms with Crippen LogP contribution in [0.25, 0.3) is 11.5 Å². The molecule has 0 radical (unpaired) electrons. The van der Waals surface area contributed by atoms with Crippen molar-refractivity contribution in [2.45, 2.75) is 38.8 Å². The van der Waals surface area contributed by atoms with Crippen LogP contribution in [0.5, 0.6) is 0 Å². The van der Waals surface area contributed by atoms with Gasteiger partial charge in [0, 0.05) is 17.6 Å². The molecule has 2 aromatic rings. The van der Waals surface area contributed by atoms with E-state index >= 15 is 0 Å². The third-order valence-electron chi connectivity index (χ3n) is 4.33. The molecule has 1 atom stereocenters. The molecule has 1 heterocycles. The number of aryl methyl sites for hydroxylation is 1. The first-order chi connectivity index (χ1) is 10.1. The average Bonchev–Trinajstić information content (AvgIpc) is 3.25. The van der Waals surface area contributed by atoms with Crippen LogP contribution >= 0.6 is 0 Å². The third kappa shape index (κ3) is 3.17. The molecule has 1 unspecified atom stereocenters. The highest BCUT2D eigenvalue weighted by Gasteiger charge is 2.40. The van der Waals surface area contributed by atoms with E-state index in [-0.39, 0.29) is 12.1 Å². The maximum atomic E-state index is 9.58. The van der Waals surface area contributed by atoms with Crippen LogP contribution in [-0.4, -0.2) is 22.2 Å². The smallest absolute Gasteiger partial charge is 0.226 e. The van der Waals surface area contributed by atoms with Crippen molar-refractivity contribution >= 4 is 0 Å². The van der Waals surface area contributed by atoms with Gasteiger partial charge < -0.3 is 14.8 Å². The maximum absolute atomic E-state index is 9.58. The van der Waals surface area contributed by atoms with Crippen LogP contribution in [0.15, 0.2) is 34.9 Å². The van der Waals surface area contributed by atoms with E-state index in [2.05, 4.69) is 24.1 Å². The molecule has 1 aromatic carbocycles. The molecular formula is C17H22N2O2. The molecular weight excluding hydrogens is 264 g/mol. The Morgan fingerprint density at radius 2 is 2.05 bits per heavy atom. The summed E-state index contributed by atoms with van der Waals surface area (Å²) in [5.41, 5.74) is 2.86. The van der Waals surface area contributed by atoms with E-state index in [1.54, 1.807) is 6.26 Å². The van der Waals surface area contributed by atoms with Crippen LogP contribution in [0.3, 0.4) is 0 Å². The van der Waals surface area contributed by atoms with E-state index in [0.717, 1.165) is 11.3 Å². The van der Waals surface area contributed by atoms with Crippen molar-refractivity contribution in [3.05, 3.63) is 41.8 Å². The van der Waals surface area contributed by atoms with Gasteiger partial charge in [0.15, 0.2) is 0 Å². The van der Waals surface area contributed by atoms with Gasteiger partial charge in [0.05, 0.1) is 12.3 Å². The molecule has 112 valence electrons. The lowest BCUT2D eigenvalue weighted by atomic mass is 9.97. The van der Waals surface area contributed by atoms with Gasteiger partial charge in [0.2, 0.25) is 5.89 Å². The minimum atomic E-state index is -0.205. The number of nitrogens with zero attached hydrogens (tertiary/aromatic N) is 1. The third-order valence-corrected chi connectivity index (χ3v) is 4.33. The van der Waals surface area contributed by atoms with Gasteiger partial charge in [-0.2, -0.15) is 0 Å². The average molecular weight is 286 g/mol. The first-order valence-corrected chi connectivity index (χ1v) is 7.48. The van der Waals surface area contributed by atoms with Gasteiger partial charge in [0.1, 0.15) is 6.26 Å². The number of rotatable bonds is 6. The van der Waals surface area contributed by atoms with Gasteiger partial charge in [-0.3, -0.25) is 0 Å². The number of benzene rings is 1. The first-order valence-electron chi connectivity index (χ1n) is 7.48. The second-order valence-corrected chi connectivity index (χ2v) is 6.21. The van der Waals surface area contributed by atoms with Crippen molar-refractivity contribution in [1.29, 1.82) is 0 Å². The molecule has 0 amide bonds. The van der Waals surface area contributed by atoms with E-state index in [4.69, 9.17) is 4.42 Å². The van der Waals surface area contributed by atoms with E-state index in [9.17, 15) is 5.11 Å². The van der Waals surface area contributed by atoms with E-state index in [1.807, 2.05) is 24.3 Å². The summed E-state index contributed by atoms with van der Waals surface area (Å²) in [6.07, 6.45) is 4.07. The summed E-state index contributed by atoms with van der Waals surface area (Å²) in [6.45, 7) is 4.90. The largest absolute Gasteiger partial charge is 0.444 e. The van der Waals surface area contributed by atoms with Crippen molar-refractivity contribution in [3.63, 3.8) is 0 Å². The minimum Gasteiger partial charge on any atom is -0.444 e. The Kier molecular flexibility index (Phi) is 3.83. The van der Waals surface area contributed by atoms with E-state index in [0.29, 0.717) is 18.4 Å². The Balaban J connectivity index is 1.66.